The van der Waals surface area contributed by atoms with Crippen LogP contribution in [0.2, 0.25) is 10.0 Å². The van der Waals surface area contributed by atoms with E-state index in [9.17, 15) is 23.6 Å². The summed E-state index contributed by atoms with van der Waals surface area (Å²) in [5, 5.41) is 7.15. The molecule has 12 nitrogen and oxygen atoms in total. The van der Waals surface area contributed by atoms with Gasteiger partial charge in [0.25, 0.3) is 5.91 Å². The number of aromatic nitrogens is 3. The zero-order valence-electron chi connectivity index (χ0n) is 30.8. The number of carbonyl (C=O) groups excluding carboxylic acids is 4. The van der Waals surface area contributed by atoms with Crippen LogP contribution in [0, 0.1) is 5.82 Å². The van der Waals surface area contributed by atoms with Gasteiger partial charge in [-0.05, 0) is 80.7 Å². The van der Waals surface area contributed by atoms with Crippen LogP contribution in [0.3, 0.4) is 0 Å². The molecule has 0 saturated carbocycles. The highest BCUT2D eigenvalue weighted by Crippen LogP contribution is 2.38. The number of imide groups is 1. The zero-order chi connectivity index (χ0) is 39.5. The summed E-state index contributed by atoms with van der Waals surface area (Å²) in [4.78, 5) is 59.1. The smallest absolute Gasteiger partial charge is 0.255 e. The molecular weight excluding hydrogens is 780 g/mol. The number of fused-ring (bicyclic) bond motifs is 1. The standard InChI is InChI=1S/C40H42Cl2FN7O5S/c1-23(36-29(41)9-10-30(43)37(36)42)55-32-18-24(19-45-38(32)44)25-20-46-50(21-25)26-13-15-48(16-14-26)35(52)8-3-2-4-17-56-33-7-5-6-27-28(33)22-49(40(27)54)31-11-12-34(51)47-39(31)53/h5-7,9-10,18-21,23,26,31H,2-4,8,11-17,22H2,1H3,(H2,44,45)(H,47,51,53). The number of carbonyl (C=O) groups is 4. The average Bonchev–Trinajstić information content (AvgIpc) is 3.81. The van der Waals surface area contributed by atoms with Crippen LogP contribution in [0.1, 0.15) is 91.9 Å². The molecule has 0 spiro atoms. The van der Waals surface area contributed by atoms with Crippen molar-refractivity contribution in [2.24, 2.45) is 0 Å². The number of ether oxygens (including phenoxy) is 1. The largest absolute Gasteiger partial charge is 0.482 e. The predicted molar refractivity (Wildman–Crippen MR) is 212 cm³/mol. The lowest BCUT2D eigenvalue weighted by atomic mass is 10.0. The Morgan fingerprint density at radius 2 is 1.88 bits per heavy atom. The quantitative estimate of drug-likeness (QED) is 0.0609. The van der Waals surface area contributed by atoms with E-state index in [0.717, 1.165) is 59.4 Å². The van der Waals surface area contributed by atoms with E-state index < -0.39 is 23.9 Å². The van der Waals surface area contributed by atoms with Gasteiger partial charge in [0.15, 0.2) is 11.6 Å². The van der Waals surface area contributed by atoms with Gasteiger partial charge < -0.3 is 20.3 Å². The number of nitrogen functional groups attached to an aromatic ring is 1. The summed E-state index contributed by atoms with van der Waals surface area (Å²) in [6.07, 6.45) is 9.96. The number of halogens is 3. The van der Waals surface area contributed by atoms with E-state index in [-0.39, 0.29) is 46.0 Å². The molecule has 3 N–H and O–H groups in total. The number of nitrogens with zero attached hydrogens (tertiary/aromatic N) is 5. The third-order valence-electron chi connectivity index (χ3n) is 10.6. The van der Waals surface area contributed by atoms with Crippen molar-refractivity contribution in [2.45, 2.75) is 87.9 Å². The van der Waals surface area contributed by atoms with E-state index >= 15 is 0 Å². The third kappa shape index (κ3) is 8.52. The first-order valence-corrected chi connectivity index (χ1v) is 20.5. The molecule has 2 aromatic heterocycles. The van der Waals surface area contributed by atoms with Gasteiger partial charge in [-0.3, -0.25) is 29.2 Å². The first-order valence-electron chi connectivity index (χ1n) is 18.8. The molecule has 2 aromatic carbocycles. The van der Waals surface area contributed by atoms with Crippen molar-refractivity contribution in [3.05, 3.63) is 87.5 Å². The highest BCUT2D eigenvalue weighted by Gasteiger charge is 2.40. The van der Waals surface area contributed by atoms with Gasteiger partial charge in [-0.25, -0.2) is 9.37 Å². The Balaban J connectivity index is 0.842. The zero-order valence-corrected chi connectivity index (χ0v) is 33.1. The van der Waals surface area contributed by atoms with Gasteiger partial charge >= 0.3 is 0 Å². The number of hydrogen-bond acceptors (Lipinski definition) is 9. The van der Waals surface area contributed by atoms with Crippen molar-refractivity contribution >= 4 is 64.4 Å². The Kier molecular flexibility index (Phi) is 12.2. The van der Waals surface area contributed by atoms with Crippen LogP contribution >= 0.6 is 35.0 Å². The van der Waals surface area contributed by atoms with E-state index in [1.165, 1.54) is 12.1 Å². The molecule has 7 rings (SSSR count). The molecule has 2 fully saturated rings. The van der Waals surface area contributed by atoms with Crippen molar-refractivity contribution in [1.29, 1.82) is 0 Å². The highest BCUT2D eigenvalue weighted by atomic mass is 35.5. The molecular formula is C40H42Cl2FN7O5S. The number of rotatable bonds is 13. The molecule has 0 bridgehead atoms. The Morgan fingerprint density at radius 1 is 1.07 bits per heavy atom. The van der Waals surface area contributed by atoms with Crippen LogP contribution in [-0.2, 0) is 20.9 Å². The van der Waals surface area contributed by atoms with Crippen LogP contribution in [0.25, 0.3) is 11.1 Å². The molecule has 4 aromatic rings. The normalized spacial score (nSPS) is 17.9. The fourth-order valence-electron chi connectivity index (χ4n) is 7.53. The average molecular weight is 823 g/mol. The Bertz CT molecular complexity index is 2160. The number of benzene rings is 2. The first kappa shape index (κ1) is 39.6. The third-order valence-corrected chi connectivity index (χ3v) is 12.5. The Morgan fingerprint density at radius 3 is 2.66 bits per heavy atom. The summed E-state index contributed by atoms with van der Waals surface area (Å²) in [6, 6.07) is 9.59. The lowest BCUT2D eigenvalue weighted by molar-refractivity contribution is -0.137. The highest BCUT2D eigenvalue weighted by molar-refractivity contribution is 7.99. The number of unbranched alkanes of at least 4 members (excludes halogenated alkanes) is 2. The Labute approximate surface area is 338 Å². The predicted octanol–water partition coefficient (Wildman–Crippen LogP) is 7.39. The van der Waals surface area contributed by atoms with Crippen molar-refractivity contribution in [2.75, 3.05) is 24.6 Å². The van der Waals surface area contributed by atoms with E-state index in [4.69, 9.17) is 33.7 Å². The molecule has 2 atom stereocenters. The maximum Gasteiger partial charge on any atom is 0.255 e. The molecule has 294 valence electrons. The lowest BCUT2D eigenvalue weighted by Crippen LogP contribution is -2.52. The maximum atomic E-state index is 14.1. The molecule has 0 aliphatic carbocycles. The lowest BCUT2D eigenvalue weighted by Gasteiger charge is -2.32. The van der Waals surface area contributed by atoms with Crippen LogP contribution in [0.15, 0.2) is 59.9 Å². The number of likely N-dealkylation sites (tertiary alicyclic amines) is 1. The summed E-state index contributed by atoms with van der Waals surface area (Å²) < 4.78 is 22.1. The van der Waals surface area contributed by atoms with E-state index in [1.54, 1.807) is 48.1 Å². The minimum Gasteiger partial charge on any atom is -0.482 e. The molecule has 2 saturated heterocycles. The summed E-state index contributed by atoms with van der Waals surface area (Å²) >= 11 is 14.2. The van der Waals surface area contributed by atoms with Gasteiger partial charge in [-0.15, -0.1) is 11.8 Å². The monoisotopic (exact) mass is 821 g/mol. The van der Waals surface area contributed by atoms with Crippen LogP contribution in [0.5, 0.6) is 5.75 Å². The summed E-state index contributed by atoms with van der Waals surface area (Å²) in [7, 11) is 0. The second-order valence-corrected chi connectivity index (χ2v) is 16.2. The number of thioether (sulfide) groups is 1. The number of hydrogen-bond donors (Lipinski definition) is 2. The molecule has 2 unspecified atom stereocenters. The van der Waals surface area contributed by atoms with Gasteiger partial charge in [0, 0.05) is 77.0 Å². The van der Waals surface area contributed by atoms with Gasteiger partial charge in [0.1, 0.15) is 18.0 Å². The second kappa shape index (κ2) is 17.2. The summed E-state index contributed by atoms with van der Waals surface area (Å²) in [5.74, 6) is 0.0250. The van der Waals surface area contributed by atoms with Crippen molar-refractivity contribution in [1.82, 2.24) is 29.9 Å². The molecule has 56 heavy (non-hydrogen) atoms. The Hall–Kier alpha value is -4.66. The van der Waals surface area contributed by atoms with Crippen molar-refractivity contribution in [3.63, 3.8) is 0 Å². The number of amides is 4. The number of nitrogens with two attached hydrogens (primary N) is 1. The molecule has 0 radical (unpaired) electrons. The fraction of sp³-hybridized carbons (Fsp3) is 0.400. The number of nitrogens with one attached hydrogen (secondary N) is 1. The second-order valence-electron chi connectivity index (χ2n) is 14.3. The van der Waals surface area contributed by atoms with Gasteiger partial charge in [-0.2, -0.15) is 5.10 Å². The minimum atomic E-state index is -0.697. The topological polar surface area (TPSA) is 153 Å². The molecule has 4 amide bonds. The molecule has 5 heterocycles. The van der Waals surface area contributed by atoms with Gasteiger partial charge in [0.05, 0.1) is 17.3 Å². The van der Waals surface area contributed by atoms with Crippen molar-refractivity contribution in [3.8, 4) is 16.9 Å². The number of pyridine rings is 1. The fourth-order valence-corrected chi connectivity index (χ4v) is 9.30. The summed E-state index contributed by atoms with van der Waals surface area (Å²) in [6.45, 7) is 3.39. The van der Waals surface area contributed by atoms with Crippen LogP contribution in [0.4, 0.5) is 10.2 Å². The van der Waals surface area contributed by atoms with Crippen molar-refractivity contribution < 1.29 is 28.3 Å². The molecule has 3 aliphatic rings. The van der Waals surface area contributed by atoms with Gasteiger partial charge in [-0.1, -0.05) is 35.7 Å². The molecule has 16 heteroatoms. The van der Waals surface area contributed by atoms with Gasteiger partial charge in [0.2, 0.25) is 17.7 Å². The number of piperidine rings is 2. The van der Waals surface area contributed by atoms with Crippen LogP contribution in [-0.4, -0.2) is 73.1 Å². The van der Waals surface area contributed by atoms with E-state index in [1.807, 2.05) is 27.9 Å². The SMILES string of the molecule is CC(Oc1cc(-c2cnn(C3CCN(C(=O)CCCCCSc4cccc5c4CN(C4CCC(=O)NC4=O)C5=O)CC3)c2)cnc1N)c1c(Cl)ccc(F)c1Cl. The number of anilines is 1. The van der Waals surface area contributed by atoms with E-state index in [2.05, 4.69) is 15.4 Å². The minimum absolute atomic E-state index is 0.107. The molecule has 3 aliphatic heterocycles. The van der Waals surface area contributed by atoms with Crippen LogP contribution < -0.4 is 15.8 Å². The first-order chi connectivity index (χ1) is 27.0. The van der Waals surface area contributed by atoms with E-state index in [0.29, 0.717) is 49.4 Å². The maximum absolute atomic E-state index is 14.1. The summed E-state index contributed by atoms with van der Waals surface area (Å²) in [5.41, 5.74) is 9.57.